The van der Waals surface area contributed by atoms with E-state index in [0.717, 1.165) is 27.5 Å². The quantitative estimate of drug-likeness (QED) is 0.516. The minimum atomic E-state index is -4.30. The van der Waals surface area contributed by atoms with Crippen LogP contribution in [0.5, 0.6) is 0 Å². The lowest BCUT2D eigenvalue weighted by Gasteiger charge is -2.32. The number of ether oxygens (including phenoxy) is 1. The number of halogens is 3. The molecule has 3 heterocycles. The second-order valence-electron chi connectivity index (χ2n) is 9.02. The highest BCUT2D eigenvalue weighted by Gasteiger charge is 2.43. The molecule has 35 heavy (non-hydrogen) atoms. The van der Waals surface area contributed by atoms with Gasteiger partial charge in [0, 0.05) is 30.7 Å². The number of aliphatic hydroxyl groups is 1. The topological polar surface area (TPSA) is 74.7 Å². The van der Waals surface area contributed by atoms with Crippen LogP contribution in [-0.2, 0) is 17.8 Å². The van der Waals surface area contributed by atoms with Gasteiger partial charge in [-0.3, -0.25) is 14.7 Å². The van der Waals surface area contributed by atoms with Gasteiger partial charge < -0.3 is 15.2 Å². The maximum absolute atomic E-state index is 12.9. The van der Waals surface area contributed by atoms with E-state index in [1.54, 1.807) is 11.8 Å². The van der Waals surface area contributed by atoms with Crippen molar-refractivity contribution in [2.24, 2.45) is 5.92 Å². The number of hydrogen-bond acceptors (Lipinski definition) is 6. The zero-order valence-corrected chi connectivity index (χ0v) is 20.4. The SMILES string of the molecule is CCSc1ccc([C@H](CO)NC(=O)c2cnc3c(c2)CN(CC2CCC(C(F)(F)F)OC2)C3)cc1. The van der Waals surface area contributed by atoms with Gasteiger partial charge in [0.25, 0.3) is 5.91 Å². The molecule has 2 aliphatic rings. The number of fused-ring (bicyclic) bond motifs is 1. The number of aromatic nitrogens is 1. The van der Waals surface area contributed by atoms with Crippen molar-refractivity contribution in [1.82, 2.24) is 15.2 Å². The number of aliphatic hydroxyl groups excluding tert-OH is 1. The predicted molar refractivity (Wildman–Crippen MR) is 127 cm³/mol. The average molecular weight is 510 g/mol. The highest BCUT2D eigenvalue weighted by molar-refractivity contribution is 7.99. The standard InChI is InChI=1S/C25H30F3N3O3S/c1-2-35-20-6-4-17(5-7-20)22(14-32)30-24(33)18-9-19-12-31(13-21(19)29-10-18)11-16-3-8-23(34-15-16)25(26,27)28/h4-7,9-10,16,22-23,32H,2-3,8,11-15H2,1H3,(H,30,33)/t16?,22-,23?/m0/s1. The normalized spacial score (nSPS) is 21.5. The van der Waals surface area contributed by atoms with Gasteiger partial charge in [0.1, 0.15) is 0 Å². The molecule has 10 heteroatoms. The summed E-state index contributed by atoms with van der Waals surface area (Å²) in [5, 5.41) is 12.7. The second-order valence-corrected chi connectivity index (χ2v) is 10.4. The number of thioether (sulfide) groups is 1. The molecule has 2 N–H and O–H groups in total. The summed E-state index contributed by atoms with van der Waals surface area (Å²) in [4.78, 5) is 20.6. The Morgan fingerprint density at radius 2 is 2.06 bits per heavy atom. The van der Waals surface area contributed by atoms with Crippen molar-refractivity contribution in [1.29, 1.82) is 0 Å². The zero-order valence-electron chi connectivity index (χ0n) is 19.6. The van der Waals surface area contributed by atoms with Gasteiger partial charge in [-0.25, -0.2) is 0 Å². The van der Waals surface area contributed by atoms with Crippen LogP contribution in [0.15, 0.2) is 41.4 Å². The van der Waals surface area contributed by atoms with Gasteiger partial charge in [-0.1, -0.05) is 19.1 Å². The Balaban J connectivity index is 1.32. The van der Waals surface area contributed by atoms with Crippen molar-refractivity contribution in [2.75, 3.05) is 25.5 Å². The second kappa shape index (κ2) is 11.3. The van der Waals surface area contributed by atoms with Gasteiger partial charge in [-0.2, -0.15) is 13.2 Å². The van der Waals surface area contributed by atoms with E-state index in [4.69, 9.17) is 4.74 Å². The summed E-state index contributed by atoms with van der Waals surface area (Å²) >= 11 is 1.72. The van der Waals surface area contributed by atoms with Crippen LogP contribution < -0.4 is 5.32 Å². The maximum atomic E-state index is 12.9. The fraction of sp³-hybridized carbons (Fsp3) is 0.520. The molecular formula is C25H30F3N3O3S. The summed E-state index contributed by atoms with van der Waals surface area (Å²) in [5.41, 5.74) is 3.04. The summed E-state index contributed by atoms with van der Waals surface area (Å²) in [7, 11) is 0. The molecule has 2 aliphatic heterocycles. The third-order valence-corrected chi connectivity index (χ3v) is 7.32. The summed E-state index contributed by atoms with van der Waals surface area (Å²) in [5.74, 6) is 0.691. The van der Waals surface area contributed by atoms with Gasteiger partial charge in [0.05, 0.1) is 30.5 Å². The predicted octanol–water partition coefficient (Wildman–Crippen LogP) is 4.33. The van der Waals surface area contributed by atoms with Crippen LogP contribution in [-0.4, -0.2) is 58.7 Å². The zero-order chi connectivity index (χ0) is 25.0. The van der Waals surface area contributed by atoms with Gasteiger partial charge >= 0.3 is 6.18 Å². The van der Waals surface area contributed by atoms with E-state index in [-0.39, 0.29) is 31.5 Å². The van der Waals surface area contributed by atoms with E-state index >= 15 is 0 Å². The molecule has 0 aliphatic carbocycles. The summed E-state index contributed by atoms with van der Waals surface area (Å²) in [6.07, 6.45) is -3.97. The van der Waals surface area contributed by atoms with E-state index in [2.05, 4.69) is 22.1 Å². The van der Waals surface area contributed by atoms with Crippen LogP contribution >= 0.6 is 11.8 Å². The molecule has 0 spiro atoms. The van der Waals surface area contributed by atoms with Gasteiger partial charge in [-0.15, -0.1) is 11.8 Å². The number of nitrogens with zero attached hydrogens (tertiary/aromatic N) is 2. The number of hydrogen-bond donors (Lipinski definition) is 2. The molecule has 1 aromatic heterocycles. The first kappa shape index (κ1) is 25.9. The Labute approximate surface area is 207 Å². The first-order valence-corrected chi connectivity index (χ1v) is 12.8. The van der Waals surface area contributed by atoms with E-state index in [1.807, 2.05) is 30.3 Å². The van der Waals surface area contributed by atoms with Crippen LogP contribution in [0.25, 0.3) is 0 Å². The molecule has 0 bridgehead atoms. The van der Waals surface area contributed by atoms with Gasteiger partial charge in [0.2, 0.25) is 0 Å². The van der Waals surface area contributed by atoms with Crippen LogP contribution in [0.4, 0.5) is 13.2 Å². The van der Waals surface area contributed by atoms with E-state index in [9.17, 15) is 23.1 Å². The molecule has 1 amide bonds. The van der Waals surface area contributed by atoms with Crippen molar-refractivity contribution in [2.45, 2.75) is 56.1 Å². The molecule has 1 fully saturated rings. The summed E-state index contributed by atoms with van der Waals surface area (Å²) < 4.78 is 43.5. The molecular weight excluding hydrogens is 479 g/mol. The lowest BCUT2D eigenvalue weighted by atomic mass is 9.97. The van der Waals surface area contributed by atoms with Crippen molar-refractivity contribution in [3.05, 3.63) is 58.9 Å². The Kier molecular flexibility index (Phi) is 8.36. The number of carbonyl (C=O) groups is 1. The molecule has 190 valence electrons. The first-order valence-electron chi connectivity index (χ1n) is 11.8. The summed E-state index contributed by atoms with van der Waals surface area (Å²) in [6.45, 7) is 3.76. The van der Waals surface area contributed by atoms with E-state index in [0.29, 0.717) is 31.6 Å². The van der Waals surface area contributed by atoms with Crippen LogP contribution in [0.3, 0.4) is 0 Å². The third-order valence-electron chi connectivity index (χ3n) is 6.42. The Morgan fingerprint density at radius 1 is 1.29 bits per heavy atom. The van der Waals surface area contributed by atoms with Gasteiger partial charge in [-0.05, 0) is 53.8 Å². The number of nitrogens with one attached hydrogen (secondary N) is 1. The summed E-state index contributed by atoms with van der Waals surface area (Å²) in [6, 6.07) is 9.05. The van der Waals surface area contributed by atoms with Crippen LogP contribution in [0, 0.1) is 5.92 Å². The molecule has 2 unspecified atom stereocenters. The Hall–Kier alpha value is -2.14. The number of carbonyl (C=O) groups excluding carboxylic acids is 1. The van der Waals surface area contributed by atoms with Crippen molar-refractivity contribution < 1.29 is 27.8 Å². The third kappa shape index (κ3) is 6.55. The monoisotopic (exact) mass is 509 g/mol. The number of pyridine rings is 1. The molecule has 3 atom stereocenters. The van der Waals surface area contributed by atoms with Crippen LogP contribution in [0.2, 0.25) is 0 Å². The smallest absolute Gasteiger partial charge is 0.394 e. The molecule has 4 rings (SSSR count). The lowest BCUT2D eigenvalue weighted by molar-refractivity contribution is -0.236. The average Bonchev–Trinajstić information content (AvgIpc) is 3.24. The Bertz CT molecular complexity index is 1010. The fourth-order valence-electron chi connectivity index (χ4n) is 4.59. The van der Waals surface area contributed by atoms with Gasteiger partial charge in [0.15, 0.2) is 6.10 Å². The minimum Gasteiger partial charge on any atom is -0.394 e. The van der Waals surface area contributed by atoms with Crippen molar-refractivity contribution >= 4 is 17.7 Å². The highest BCUT2D eigenvalue weighted by atomic mass is 32.2. The minimum absolute atomic E-state index is 0.0102. The molecule has 1 saturated heterocycles. The molecule has 1 aromatic carbocycles. The number of alkyl halides is 3. The highest BCUT2D eigenvalue weighted by Crippen LogP contribution is 2.33. The van der Waals surface area contributed by atoms with E-state index in [1.165, 1.54) is 6.20 Å². The fourth-order valence-corrected chi connectivity index (χ4v) is 5.25. The molecule has 2 aromatic rings. The number of benzene rings is 1. The molecule has 0 saturated carbocycles. The van der Waals surface area contributed by atoms with Crippen molar-refractivity contribution in [3.8, 4) is 0 Å². The maximum Gasteiger partial charge on any atom is 0.414 e. The van der Waals surface area contributed by atoms with E-state index < -0.39 is 18.3 Å². The largest absolute Gasteiger partial charge is 0.414 e. The number of rotatable bonds is 8. The lowest BCUT2D eigenvalue weighted by Crippen LogP contribution is -2.40. The first-order chi connectivity index (χ1) is 16.8. The van der Waals surface area contributed by atoms with Crippen LogP contribution in [0.1, 0.15) is 53.0 Å². The number of amides is 1. The molecule has 0 radical (unpaired) electrons. The Morgan fingerprint density at radius 3 is 2.69 bits per heavy atom. The van der Waals surface area contributed by atoms with Crippen molar-refractivity contribution in [3.63, 3.8) is 0 Å². The molecule has 6 nitrogen and oxygen atoms in total.